The van der Waals surface area contributed by atoms with Crippen LogP contribution in [0.25, 0.3) is 5.69 Å². The number of rotatable bonds is 7. The fraction of sp³-hybridized carbons (Fsp3) is 0.500. The topological polar surface area (TPSA) is 56.7 Å². The van der Waals surface area contributed by atoms with E-state index in [2.05, 4.69) is 40.7 Å². The number of hydrogen-bond donors (Lipinski definition) is 1. The molecule has 2 rings (SSSR count). The average Bonchev–Trinajstić information content (AvgIpc) is 2.93. The summed E-state index contributed by atoms with van der Waals surface area (Å²) in [6, 6.07) is 10.2. The Kier molecular flexibility index (Phi) is 5.30. The van der Waals surface area contributed by atoms with Crippen molar-refractivity contribution in [1.82, 2.24) is 14.8 Å². The van der Waals surface area contributed by atoms with Crippen LogP contribution in [-0.2, 0) is 6.54 Å². The van der Waals surface area contributed by atoms with Gasteiger partial charge in [0.25, 0.3) is 0 Å². The molecule has 4 heteroatoms. The number of nitrogens with two attached hydrogens (primary N) is 1. The van der Waals surface area contributed by atoms with Crippen molar-refractivity contribution < 1.29 is 0 Å². The quantitative estimate of drug-likeness (QED) is 0.840. The van der Waals surface area contributed by atoms with Crippen LogP contribution in [0.1, 0.15) is 57.1 Å². The summed E-state index contributed by atoms with van der Waals surface area (Å²) >= 11 is 0. The van der Waals surface area contributed by atoms with Crippen LogP contribution in [0.3, 0.4) is 0 Å². The zero-order valence-electron chi connectivity index (χ0n) is 12.4. The summed E-state index contributed by atoms with van der Waals surface area (Å²) in [5, 5.41) is 8.70. The Bertz CT molecular complexity index is 519. The van der Waals surface area contributed by atoms with Gasteiger partial charge in [-0.3, -0.25) is 4.57 Å². The first-order valence-electron chi connectivity index (χ1n) is 7.51. The Morgan fingerprint density at radius 2 is 1.90 bits per heavy atom. The van der Waals surface area contributed by atoms with Gasteiger partial charge in [-0.05, 0) is 25.0 Å². The van der Waals surface area contributed by atoms with Crippen LogP contribution in [0.5, 0.6) is 0 Å². The maximum atomic E-state index is 5.82. The van der Waals surface area contributed by atoms with E-state index >= 15 is 0 Å². The van der Waals surface area contributed by atoms with Crippen molar-refractivity contribution in [3.63, 3.8) is 0 Å². The van der Waals surface area contributed by atoms with E-state index in [1.165, 1.54) is 12.8 Å². The lowest BCUT2D eigenvalue weighted by Crippen LogP contribution is -2.12. The number of benzene rings is 1. The average molecular weight is 272 g/mol. The smallest absolute Gasteiger partial charge is 0.151 e. The molecule has 0 aliphatic rings. The first-order valence-corrected chi connectivity index (χ1v) is 7.51. The summed E-state index contributed by atoms with van der Waals surface area (Å²) in [6.07, 6.45) is 4.66. The summed E-state index contributed by atoms with van der Waals surface area (Å²) < 4.78 is 2.13. The van der Waals surface area contributed by atoms with Crippen molar-refractivity contribution >= 4 is 0 Å². The summed E-state index contributed by atoms with van der Waals surface area (Å²) in [4.78, 5) is 0. The molecule has 1 heterocycles. The first-order chi connectivity index (χ1) is 9.81. The molecule has 20 heavy (non-hydrogen) atoms. The second-order valence-electron chi connectivity index (χ2n) is 5.10. The van der Waals surface area contributed by atoms with Crippen LogP contribution >= 0.6 is 0 Å². The fourth-order valence-electron chi connectivity index (χ4n) is 2.55. The lowest BCUT2D eigenvalue weighted by Gasteiger charge is -2.16. The van der Waals surface area contributed by atoms with Gasteiger partial charge in [0.05, 0.1) is 6.54 Å². The minimum Gasteiger partial charge on any atom is -0.324 e. The van der Waals surface area contributed by atoms with E-state index in [1.54, 1.807) is 0 Å². The molecule has 0 saturated carbocycles. The van der Waals surface area contributed by atoms with Crippen LogP contribution in [0.4, 0.5) is 0 Å². The third kappa shape index (κ3) is 3.07. The van der Waals surface area contributed by atoms with Gasteiger partial charge in [-0.1, -0.05) is 44.9 Å². The molecule has 2 aromatic rings. The molecule has 0 spiro atoms. The molecule has 0 bridgehead atoms. The molecule has 0 aliphatic carbocycles. The van der Waals surface area contributed by atoms with Gasteiger partial charge in [0, 0.05) is 11.6 Å². The second-order valence-corrected chi connectivity index (χ2v) is 5.10. The highest BCUT2D eigenvalue weighted by atomic mass is 15.3. The molecule has 4 nitrogen and oxygen atoms in total. The van der Waals surface area contributed by atoms with Crippen molar-refractivity contribution in [3.05, 3.63) is 42.0 Å². The summed E-state index contributed by atoms with van der Waals surface area (Å²) in [6.45, 7) is 4.85. The Hall–Kier alpha value is -1.68. The lowest BCUT2D eigenvalue weighted by molar-refractivity contribution is 0.534. The summed E-state index contributed by atoms with van der Waals surface area (Å²) in [7, 11) is 0. The predicted octanol–water partition coefficient (Wildman–Crippen LogP) is 3.41. The minimum atomic E-state index is 0.409. The monoisotopic (exact) mass is 272 g/mol. The zero-order valence-corrected chi connectivity index (χ0v) is 12.4. The Morgan fingerprint density at radius 1 is 1.15 bits per heavy atom. The predicted molar refractivity (Wildman–Crippen MR) is 81.8 cm³/mol. The standard InChI is InChI=1S/C16H24N4/c1-3-5-9-13(4-2)16-19-18-15(12-17)20(16)14-10-7-6-8-11-14/h6-8,10-11,13H,3-5,9,12,17H2,1-2H3. The lowest BCUT2D eigenvalue weighted by atomic mass is 9.98. The number of nitrogens with zero attached hydrogens (tertiary/aromatic N) is 3. The van der Waals surface area contributed by atoms with E-state index < -0.39 is 0 Å². The van der Waals surface area contributed by atoms with E-state index in [0.717, 1.165) is 30.2 Å². The van der Waals surface area contributed by atoms with Crippen molar-refractivity contribution in [3.8, 4) is 5.69 Å². The van der Waals surface area contributed by atoms with Crippen molar-refractivity contribution in [2.75, 3.05) is 0 Å². The largest absolute Gasteiger partial charge is 0.324 e. The highest BCUT2D eigenvalue weighted by molar-refractivity contribution is 5.34. The van der Waals surface area contributed by atoms with Gasteiger partial charge >= 0.3 is 0 Å². The van der Waals surface area contributed by atoms with Crippen molar-refractivity contribution in [2.45, 2.75) is 52.0 Å². The maximum absolute atomic E-state index is 5.82. The van der Waals surface area contributed by atoms with Gasteiger partial charge in [0.15, 0.2) is 5.82 Å². The number of unbranched alkanes of at least 4 members (excludes halogenated alkanes) is 1. The fourth-order valence-corrected chi connectivity index (χ4v) is 2.55. The Labute approximate surface area is 121 Å². The summed E-state index contributed by atoms with van der Waals surface area (Å²) in [5.41, 5.74) is 6.92. The van der Waals surface area contributed by atoms with E-state index in [-0.39, 0.29) is 0 Å². The Balaban J connectivity index is 2.41. The first kappa shape index (κ1) is 14.7. The molecule has 108 valence electrons. The van der Waals surface area contributed by atoms with Gasteiger partial charge in [0.1, 0.15) is 5.82 Å². The molecular weight excluding hydrogens is 248 g/mol. The normalized spacial score (nSPS) is 12.6. The highest BCUT2D eigenvalue weighted by Crippen LogP contribution is 2.27. The molecule has 2 N–H and O–H groups in total. The van der Waals surface area contributed by atoms with Gasteiger partial charge < -0.3 is 5.73 Å². The maximum Gasteiger partial charge on any atom is 0.151 e. The molecule has 0 radical (unpaired) electrons. The van der Waals surface area contributed by atoms with E-state index in [1.807, 2.05) is 18.2 Å². The van der Waals surface area contributed by atoms with E-state index in [9.17, 15) is 0 Å². The number of hydrogen-bond acceptors (Lipinski definition) is 3. The highest BCUT2D eigenvalue weighted by Gasteiger charge is 2.20. The van der Waals surface area contributed by atoms with Gasteiger partial charge in [-0.15, -0.1) is 10.2 Å². The molecule has 1 aromatic carbocycles. The third-order valence-corrected chi connectivity index (χ3v) is 3.72. The van der Waals surface area contributed by atoms with Gasteiger partial charge in [-0.2, -0.15) is 0 Å². The molecule has 1 unspecified atom stereocenters. The van der Waals surface area contributed by atoms with Crippen LogP contribution < -0.4 is 5.73 Å². The van der Waals surface area contributed by atoms with Crippen molar-refractivity contribution in [2.24, 2.45) is 5.73 Å². The third-order valence-electron chi connectivity index (χ3n) is 3.72. The molecule has 1 atom stereocenters. The summed E-state index contributed by atoms with van der Waals surface area (Å²) in [5.74, 6) is 2.33. The van der Waals surface area contributed by atoms with Crippen LogP contribution in [0.15, 0.2) is 30.3 Å². The van der Waals surface area contributed by atoms with Gasteiger partial charge in [-0.25, -0.2) is 0 Å². The molecule has 0 amide bonds. The van der Waals surface area contributed by atoms with E-state index in [0.29, 0.717) is 12.5 Å². The van der Waals surface area contributed by atoms with E-state index in [4.69, 9.17) is 5.73 Å². The minimum absolute atomic E-state index is 0.409. The zero-order chi connectivity index (χ0) is 14.4. The molecule has 0 fully saturated rings. The van der Waals surface area contributed by atoms with Crippen molar-refractivity contribution in [1.29, 1.82) is 0 Å². The molecular formula is C16H24N4. The molecule has 0 saturated heterocycles. The van der Waals surface area contributed by atoms with Crippen LogP contribution in [0.2, 0.25) is 0 Å². The number of para-hydroxylation sites is 1. The van der Waals surface area contributed by atoms with Crippen LogP contribution in [0, 0.1) is 0 Å². The number of aromatic nitrogens is 3. The van der Waals surface area contributed by atoms with Gasteiger partial charge in [0.2, 0.25) is 0 Å². The molecule has 0 aliphatic heterocycles. The SMILES string of the molecule is CCCCC(CC)c1nnc(CN)n1-c1ccccc1. The van der Waals surface area contributed by atoms with Crippen LogP contribution in [-0.4, -0.2) is 14.8 Å². The molecule has 1 aromatic heterocycles. The second kappa shape index (κ2) is 7.20. The Morgan fingerprint density at radius 3 is 2.50 bits per heavy atom.